The summed E-state index contributed by atoms with van der Waals surface area (Å²) in [5.74, 6) is 0.936. The van der Waals surface area contributed by atoms with Crippen LogP contribution in [0.4, 0.5) is 5.82 Å². The highest BCUT2D eigenvalue weighted by Crippen LogP contribution is 2.37. The molecule has 1 fully saturated rings. The topological polar surface area (TPSA) is 108 Å². The fourth-order valence-electron chi connectivity index (χ4n) is 3.99. The Bertz CT molecular complexity index is 1120. The van der Waals surface area contributed by atoms with Crippen molar-refractivity contribution in [3.63, 3.8) is 0 Å². The van der Waals surface area contributed by atoms with Crippen LogP contribution in [0.25, 0.3) is 22.2 Å². The summed E-state index contributed by atoms with van der Waals surface area (Å²) in [6.07, 6.45) is 4.39. The van der Waals surface area contributed by atoms with E-state index in [2.05, 4.69) is 10.3 Å². The Morgan fingerprint density at radius 3 is 2.88 bits per heavy atom. The number of fused-ring (bicyclic) bond motifs is 1. The fraction of sp³-hybridized carbons (Fsp3) is 0.435. The molecule has 0 spiro atoms. The van der Waals surface area contributed by atoms with Gasteiger partial charge >= 0.3 is 0 Å². The van der Waals surface area contributed by atoms with Crippen LogP contribution < -0.4 is 10.1 Å². The third-order valence-electron chi connectivity index (χ3n) is 5.76. The molecule has 0 aromatic carbocycles. The van der Waals surface area contributed by atoms with Crippen LogP contribution in [-0.4, -0.2) is 65.7 Å². The lowest BCUT2D eigenvalue weighted by molar-refractivity contribution is -0.114. The average molecular weight is 441 g/mol. The maximum atomic E-state index is 11.5. The molecule has 1 amide bonds. The standard InChI is InChI=1S/C23H28N4O5/c1-15(29)25-22-10-17-18(12-27(2)20(17)11-24-22)19-8-16(32-7-6-30-3)9-21(26-19)23(13-28)4-5-31-14-23/h8-12,28H,4-7,13-14H2,1-3H3,(H,24,25,29)/t23-/m1/s1. The van der Waals surface area contributed by atoms with Gasteiger partial charge in [0.25, 0.3) is 0 Å². The molecule has 3 aromatic rings. The first kappa shape index (κ1) is 22.2. The van der Waals surface area contributed by atoms with Gasteiger partial charge in [-0.15, -0.1) is 0 Å². The van der Waals surface area contributed by atoms with E-state index in [0.717, 1.165) is 22.2 Å². The zero-order valence-electron chi connectivity index (χ0n) is 18.6. The molecule has 0 saturated carbocycles. The maximum Gasteiger partial charge on any atom is 0.222 e. The third-order valence-corrected chi connectivity index (χ3v) is 5.76. The van der Waals surface area contributed by atoms with Crippen molar-refractivity contribution in [2.75, 3.05) is 45.5 Å². The van der Waals surface area contributed by atoms with Crippen molar-refractivity contribution in [1.82, 2.24) is 14.5 Å². The van der Waals surface area contributed by atoms with Crippen LogP contribution in [0.5, 0.6) is 5.75 Å². The van der Waals surface area contributed by atoms with E-state index in [4.69, 9.17) is 19.2 Å². The molecule has 1 aliphatic rings. The molecule has 4 heterocycles. The number of hydrogen-bond acceptors (Lipinski definition) is 7. The number of carbonyl (C=O) groups excluding carboxylic acids is 1. The normalized spacial score (nSPS) is 18.2. The molecule has 2 N–H and O–H groups in total. The number of amides is 1. The van der Waals surface area contributed by atoms with E-state index in [-0.39, 0.29) is 12.5 Å². The number of methoxy groups -OCH3 is 1. The second kappa shape index (κ2) is 9.23. The SMILES string of the molecule is COCCOc1cc(-c2cn(C)c3cnc(NC(C)=O)cc23)nc([C@@]2(CO)CCOC2)c1. The van der Waals surface area contributed by atoms with Crippen molar-refractivity contribution in [3.8, 4) is 17.0 Å². The Morgan fingerprint density at radius 2 is 2.19 bits per heavy atom. The van der Waals surface area contributed by atoms with Gasteiger partial charge < -0.3 is 29.2 Å². The first-order valence-electron chi connectivity index (χ1n) is 10.5. The second-order valence-corrected chi connectivity index (χ2v) is 8.08. The lowest BCUT2D eigenvalue weighted by Gasteiger charge is -2.25. The molecule has 3 aromatic heterocycles. The molecule has 1 saturated heterocycles. The van der Waals surface area contributed by atoms with E-state index in [1.54, 1.807) is 13.3 Å². The molecular formula is C23H28N4O5. The van der Waals surface area contributed by atoms with Gasteiger partial charge in [0.1, 0.15) is 18.2 Å². The minimum Gasteiger partial charge on any atom is -0.491 e. The second-order valence-electron chi connectivity index (χ2n) is 8.08. The Morgan fingerprint density at radius 1 is 1.34 bits per heavy atom. The lowest BCUT2D eigenvalue weighted by atomic mass is 9.84. The van der Waals surface area contributed by atoms with Crippen molar-refractivity contribution in [1.29, 1.82) is 0 Å². The molecule has 170 valence electrons. The fourth-order valence-corrected chi connectivity index (χ4v) is 3.99. The van der Waals surface area contributed by atoms with Crippen LogP contribution in [0.1, 0.15) is 19.0 Å². The summed E-state index contributed by atoms with van der Waals surface area (Å²) in [6, 6.07) is 5.60. The molecule has 0 aliphatic carbocycles. The maximum absolute atomic E-state index is 11.5. The van der Waals surface area contributed by atoms with E-state index in [9.17, 15) is 9.90 Å². The van der Waals surface area contributed by atoms with Crippen LogP contribution in [-0.2, 0) is 26.7 Å². The summed E-state index contributed by atoms with van der Waals surface area (Å²) in [5, 5.41) is 13.8. The summed E-state index contributed by atoms with van der Waals surface area (Å²) >= 11 is 0. The predicted molar refractivity (Wildman–Crippen MR) is 120 cm³/mol. The molecule has 0 bridgehead atoms. The number of carbonyl (C=O) groups is 1. The Labute approximate surface area is 186 Å². The van der Waals surface area contributed by atoms with Gasteiger partial charge in [-0.25, -0.2) is 4.98 Å². The molecule has 32 heavy (non-hydrogen) atoms. The zero-order chi connectivity index (χ0) is 22.7. The number of rotatable bonds is 8. The van der Waals surface area contributed by atoms with Gasteiger partial charge in [0.05, 0.1) is 48.3 Å². The van der Waals surface area contributed by atoms with Crippen molar-refractivity contribution in [2.45, 2.75) is 18.8 Å². The summed E-state index contributed by atoms with van der Waals surface area (Å²) in [4.78, 5) is 20.8. The third kappa shape index (κ3) is 4.32. The Hall–Kier alpha value is -3.01. The van der Waals surface area contributed by atoms with Crippen LogP contribution >= 0.6 is 0 Å². The highest BCUT2D eigenvalue weighted by atomic mass is 16.5. The van der Waals surface area contributed by atoms with E-state index >= 15 is 0 Å². The molecule has 0 radical (unpaired) electrons. The number of aryl methyl sites for hydroxylation is 1. The minimum atomic E-state index is -0.567. The average Bonchev–Trinajstić information content (AvgIpc) is 3.39. The highest BCUT2D eigenvalue weighted by Gasteiger charge is 2.38. The number of aliphatic hydroxyl groups is 1. The summed E-state index contributed by atoms with van der Waals surface area (Å²) in [5.41, 5.74) is 2.66. The van der Waals surface area contributed by atoms with Crippen molar-refractivity contribution in [2.24, 2.45) is 7.05 Å². The van der Waals surface area contributed by atoms with Crippen molar-refractivity contribution >= 4 is 22.6 Å². The molecule has 9 heteroatoms. The van der Waals surface area contributed by atoms with Gasteiger partial charge in [-0.1, -0.05) is 0 Å². The molecule has 4 rings (SSSR count). The first-order valence-corrected chi connectivity index (χ1v) is 10.5. The number of hydrogen-bond donors (Lipinski definition) is 2. The number of anilines is 1. The van der Waals surface area contributed by atoms with Gasteiger partial charge in [0.15, 0.2) is 0 Å². The van der Waals surface area contributed by atoms with Crippen LogP contribution in [0.2, 0.25) is 0 Å². The molecule has 0 unspecified atom stereocenters. The quantitative estimate of drug-likeness (QED) is 0.518. The van der Waals surface area contributed by atoms with Crippen molar-refractivity contribution in [3.05, 3.63) is 36.3 Å². The molecule has 1 atom stereocenters. The smallest absolute Gasteiger partial charge is 0.222 e. The van der Waals surface area contributed by atoms with E-state index < -0.39 is 5.41 Å². The molecule has 1 aliphatic heterocycles. The summed E-state index contributed by atoms with van der Waals surface area (Å²) < 4.78 is 18.6. The van der Waals surface area contributed by atoms with Gasteiger partial charge in [-0.3, -0.25) is 9.78 Å². The van der Waals surface area contributed by atoms with Gasteiger partial charge in [0, 0.05) is 57.0 Å². The Kier molecular flexibility index (Phi) is 6.40. The summed E-state index contributed by atoms with van der Waals surface area (Å²) in [7, 11) is 3.56. The highest BCUT2D eigenvalue weighted by molar-refractivity contribution is 5.98. The van der Waals surface area contributed by atoms with Crippen LogP contribution in [0, 0.1) is 0 Å². The van der Waals surface area contributed by atoms with E-state index in [1.807, 2.05) is 36.0 Å². The number of ether oxygens (including phenoxy) is 3. The van der Waals surface area contributed by atoms with Gasteiger partial charge in [-0.05, 0) is 12.5 Å². The number of pyridine rings is 2. The number of aromatic nitrogens is 3. The van der Waals surface area contributed by atoms with Crippen molar-refractivity contribution < 1.29 is 24.1 Å². The lowest BCUT2D eigenvalue weighted by Crippen LogP contribution is -2.32. The van der Waals surface area contributed by atoms with E-state index in [1.165, 1.54) is 6.92 Å². The van der Waals surface area contributed by atoms with Gasteiger partial charge in [0.2, 0.25) is 5.91 Å². The number of nitrogens with zero attached hydrogens (tertiary/aromatic N) is 3. The zero-order valence-corrected chi connectivity index (χ0v) is 18.6. The Balaban J connectivity index is 1.84. The largest absolute Gasteiger partial charge is 0.491 e. The van der Waals surface area contributed by atoms with Crippen LogP contribution in [0.15, 0.2) is 30.6 Å². The monoisotopic (exact) mass is 440 g/mol. The minimum absolute atomic E-state index is 0.0624. The van der Waals surface area contributed by atoms with E-state index in [0.29, 0.717) is 50.1 Å². The predicted octanol–water partition coefficient (Wildman–Crippen LogP) is 2.27. The van der Waals surface area contributed by atoms with Gasteiger partial charge in [-0.2, -0.15) is 0 Å². The molecule has 9 nitrogen and oxygen atoms in total. The molecular weight excluding hydrogens is 412 g/mol. The summed E-state index contributed by atoms with van der Waals surface area (Å²) in [6.45, 7) is 3.23. The first-order chi connectivity index (χ1) is 15.5. The number of aliphatic hydroxyl groups excluding tert-OH is 1. The van der Waals surface area contributed by atoms with Crippen LogP contribution in [0.3, 0.4) is 0 Å². The number of nitrogens with one attached hydrogen (secondary N) is 1.